The van der Waals surface area contributed by atoms with Crippen molar-refractivity contribution in [3.8, 4) is 5.75 Å². The number of rotatable bonds is 13. The fourth-order valence-electron chi connectivity index (χ4n) is 5.12. The molecule has 5 N–H and O–H groups in total. The number of hydrogen-bond acceptors (Lipinski definition) is 6. The van der Waals surface area contributed by atoms with Crippen LogP contribution in [-0.2, 0) is 49.9 Å². The second-order valence-corrected chi connectivity index (χ2v) is 10.8. The van der Waals surface area contributed by atoms with Gasteiger partial charge in [0, 0.05) is 39.3 Å². The lowest BCUT2D eigenvalue weighted by Crippen LogP contribution is -2.50. The van der Waals surface area contributed by atoms with Gasteiger partial charge in [0.1, 0.15) is 23.9 Å². The number of nitrogens with zero attached hydrogens (tertiary/aromatic N) is 1. The van der Waals surface area contributed by atoms with Crippen LogP contribution in [0.4, 0.5) is 0 Å². The Kier molecular flexibility index (Phi) is 10.7. The number of carboxylic acids is 1. The minimum Gasteiger partial charge on any atom is -0.508 e. The maximum Gasteiger partial charge on any atom is 0.326 e. The number of phenolic OH excluding ortho intramolecular Hbond substituents is 1. The Bertz CT molecular complexity index is 1480. The monoisotopic (exact) mass is 600 g/mol. The van der Waals surface area contributed by atoms with E-state index in [0.29, 0.717) is 12.0 Å². The highest BCUT2D eigenvalue weighted by molar-refractivity contribution is 5.93. The molecule has 0 radical (unpaired) electrons. The van der Waals surface area contributed by atoms with Crippen LogP contribution in [0.3, 0.4) is 0 Å². The molecule has 0 bridgehead atoms. The van der Waals surface area contributed by atoms with Gasteiger partial charge >= 0.3 is 5.97 Å². The predicted octanol–water partition coefficient (Wildman–Crippen LogP) is 2.06. The lowest BCUT2D eigenvalue weighted by Gasteiger charge is -2.26. The van der Waals surface area contributed by atoms with Crippen LogP contribution in [-0.4, -0.2) is 62.8 Å². The van der Waals surface area contributed by atoms with Gasteiger partial charge in [-0.3, -0.25) is 19.2 Å². The van der Waals surface area contributed by atoms with E-state index in [1.165, 1.54) is 24.0 Å². The molecule has 4 rings (SSSR count). The van der Waals surface area contributed by atoms with Crippen LogP contribution in [0.2, 0.25) is 0 Å². The molecule has 1 fully saturated rings. The third-order valence-electron chi connectivity index (χ3n) is 7.44. The smallest absolute Gasteiger partial charge is 0.326 e. The lowest BCUT2D eigenvalue weighted by molar-refractivity contribution is -0.143. The Morgan fingerprint density at radius 1 is 0.818 bits per heavy atom. The van der Waals surface area contributed by atoms with Crippen LogP contribution in [0.15, 0.2) is 78.9 Å². The second-order valence-electron chi connectivity index (χ2n) is 10.8. The summed E-state index contributed by atoms with van der Waals surface area (Å²) < 4.78 is 0. The van der Waals surface area contributed by atoms with E-state index < -0.39 is 30.0 Å². The summed E-state index contributed by atoms with van der Waals surface area (Å²) in [7, 11) is 0. The molecule has 0 aromatic heterocycles. The molecule has 3 aromatic carbocycles. The van der Waals surface area contributed by atoms with Crippen molar-refractivity contribution in [2.75, 3.05) is 0 Å². The Morgan fingerprint density at radius 2 is 1.41 bits per heavy atom. The van der Waals surface area contributed by atoms with E-state index in [0.717, 1.165) is 16.7 Å². The van der Waals surface area contributed by atoms with Crippen molar-refractivity contribution in [2.24, 2.45) is 0 Å². The highest BCUT2D eigenvalue weighted by atomic mass is 16.4. The average Bonchev–Trinajstić information content (AvgIpc) is 3.36. The minimum absolute atomic E-state index is 0.0320. The van der Waals surface area contributed by atoms with Crippen LogP contribution >= 0.6 is 0 Å². The van der Waals surface area contributed by atoms with Gasteiger partial charge < -0.3 is 31.1 Å². The average molecular weight is 601 g/mol. The zero-order chi connectivity index (χ0) is 31.6. The topological polar surface area (TPSA) is 165 Å². The number of aliphatic carboxylic acids is 1. The largest absolute Gasteiger partial charge is 0.508 e. The molecule has 1 aliphatic rings. The van der Waals surface area contributed by atoms with E-state index in [1.54, 1.807) is 36.4 Å². The number of hydrogen-bond donors (Lipinski definition) is 5. The van der Waals surface area contributed by atoms with Gasteiger partial charge in [0.05, 0.1) is 0 Å². The molecule has 0 aliphatic carbocycles. The Balaban J connectivity index is 1.32. The minimum atomic E-state index is -1.19. The van der Waals surface area contributed by atoms with Crippen LogP contribution in [0.1, 0.15) is 42.0 Å². The summed E-state index contributed by atoms with van der Waals surface area (Å²) in [6.45, 7) is 1.78. The number of likely N-dealkylation sites (tertiary alicyclic amines) is 1. The molecule has 0 spiro atoms. The summed E-state index contributed by atoms with van der Waals surface area (Å²) in [5.74, 6) is -2.46. The molecule has 1 heterocycles. The van der Waals surface area contributed by atoms with E-state index in [9.17, 15) is 34.2 Å². The van der Waals surface area contributed by atoms with Gasteiger partial charge in [0.15, 0.2) is 0 Å². The maximum absolute atomic E-state index is 13.1. The molecule has 11 nitrogen and oxygen atoms in total. The zero-order valence-electron chi connectivity index (χ0n) is 24.4. The first-order chi connectivity index (χ1) is 21.1. The van der Waals surface area contributed by atoms with E-state index in [4.69, 9.17) is 0 Å². The summed E-state index contributed by atoms with van der Waals surface area (Å²) in [4.78, 5) is 63.7. The van der Waals surface area contributed by atoms with E-state index in [-0.39, 0.29) is 55.8 Å². The van der Waals surface area contributed by atoms with Crippen molar-refractivity contribution in [1.82, 2.24) is 20.9 Å². The number of carbonyl (C=O) groups is 5. The summed E-state index contributed by atoms with van der Waals surface area (Å²) in [6.07, 6.45) is 0.821. The highest BCUT2D eigenvalue weighted by Crippen LogP contribution is 2.22. The van der Waals surface area contributed by atoms with Gasteiger partial charge in [-0.15, -0.1) is 0 Å². The number of carbonyl (C=O) groups excluding carboxylic acids is 4. The molecular formula is C33H36N4O7. The van der Waals surface area contributed by atoms with Crippen molar-refractivity contribution < 1.29 is 34.2 Å². The van der Waals surface area contributed by atoms with Crippen molar-refractivity contribution >= 4 is 29.6 Å². The first kappa shape index (κ1) is 31.7. The lowest BCUT2D eigenvalue weighted by atomic mass is 10.0. The van der Waals surface area contributed by atoms with E-state index in [1.807, 2.05) is 30.3 Å². The molecular weight excluding hydrogens is 564 g/mol. The van der Waals surface area contributed by atoms with Crippen LogP contribution in [0, 0.1) is 0 Å². The zero-order valence-corrected chi connectivity index (χ0v) is 24.4. The Labute approximate surface area is 255 Å². The molecule has 44 heavy (non-hydrogen) atoms. The fourth-order valence-corrected chi connectivity index (χ4v) is 5.12. The van der Waals surface area contributed by atoms with Gasteiger partial charge in [-0.05, 0) is 40.8 Å². The third kappa shape index (κ3) is 8.90. The molecule has 230 valence electrons. The number of carboxylic acid groups (broad SMARTS) is 1. The van der Waals surface area contributed by atoms with E-state index >= 15 is 0 Å². The summed E-state index contributed by atoms with van der Waals surface area (Å²) in [5, 5.41) is 27.4. The molecule has 11 heteroatoms. The molecule has 3 aromatic rings. The standard InChI is InChI=1S/C33H36N4O7/c1-21(38)35-27(17-23-11-13-26(39)14-12-23)31(41)34-19-24-9-7-22(8-10-24)18-28(33(43)44)36-32(42)29-15-16-30(40)37(29)20-25-5-3-2-4-6-25/h2-14,27-29,39H,15-20H2,1H3,(H,34,41)(H,35,38)(H,36,42)(H,43,44)/t27-,28-,29-/m0/s1. The van der Waals surface area contributed by atoms with Crippen molar-refractivity contribution in [2.45, 2.75) is 63.8 Å². The quantitative estimate of drug-likeness (QED) is 0.200. The first-order valence-corrected chi connectivity index (χ1v) is 14.4. The van der Waals surface area contributed by atoms with Gasteiger partial charge in [-0.1, -0.05) is 66.7 Å². The normalized spacial score (nSPS) is 15.7. The van der Waals surface area contributed by atoms with Gasteiger partial charge in [-0.2, -0.15) is 0 Å². The number of phenols is 1. The second kappa shape index (κ2) is 14.8. The molecule has 3 atom stereocenters. The molecule has 0 saturated carbocycles. The summed E-state index contributed by atoms with van der Waals surface area (Å²) in [6, 6.07) is 19.9. The van der Waals surface area contributed by atoms with Gasteiger partial charge in [-0.25, -0.2) is 4.79 Å². The van der Waals surface area contributed by atoms with Gasteiger partial charge in [0.25, 0.3) is 0 Å². The van der Waals surface area contributed by atoms with Crippen LogP contribution in [0.5, 0.6) is 5.75 Å². The Hall–Kier alpha value is -5.19. The number of amides is 4. The van der Waals surface area contributed by atoms with Crippen LogP contribution in [0.25, 0.3) is 0 Å². The summed E-state index contributed by atoms with van der Waals surface area (Å²) in [5.41, 5.74) is 3.07. The molecule has 1 aliphatic heterocycles. The maximum atomic E-state index is 13.1. The fraction of sp³-hybridized carbons (Fsp3) is 0.303. The van der Waals surface area contributed by atoms with E-state index in [2.05, 4.69) is 16.0 Å². The van der Waals surface area contributed by atoms with Gasteiger partial charge in [0.2, 0.25) is 23.6 Å². The third-order valence-corrected chi connectivity index (χ3v) is 7.44. The molecule has 4 amide bonds. The first-order valence-electron chi connectivity index (χ1n) is 14.4. The SMILES string of the molecule is CC(=O)N[C@@H](Cc1ccc(O)cc1)C(=O)NCc1ccc(C[C@H](NC(=O)[C@@H]2CCC(=O)N2Cc2ccccc2)C(=O)O)cc1. The van der Waals surface area contributed by atoms with Crippen molar-refractivity contribution in [1.29, 1.82) is 0 Å². The Morgan fingerprint density at radius 3 is 2.02 bits per heavy atom. The predicted molar refractivity (Wildman–Crippen MR) is 161 cm³/mol. The molecule has 0 unspecified atom stereocenters. The molecule has 1 saturated heterocycles. The van der Waals surface area contributed by atoms with Crippen molar-refractivity contribution in [3.05, 3.63) is 101 Å². The number of aromatic hydroxyl groups is 1. The van der Waals surface area contributed by atoms with Crippen LogP contribution < -0.4 is 16.0 Å². The number of benzene rings is 3. The van der Waals surface area contributed by atoms with Crippen molar-refractivity contribution in [3.63, 3.8) is 0 Å². The number of nitrogens with one attached hydrogen (secondary N) is 3. The highest BCUT2D eigenvalue weighted by Gasteiger charge is 2.37. The summed E-state index contributed by atoms with van der Waals surface area (Å²) >= 11 is 0.